The van der Waals surface area contributed by atoms with E-state index in [0.717, 1.165) is 16.8 Å². The van der Waals surface area contributed by atoms with Crippen LogP contribution in [0.15, 0.2) is 77.9 Å². The van der Waals surface area contributed by atoms with Crippen molar-refractivity contribution < 1.29 is 28.5 Å². The van der Waals surface area contributed by atoms with Gasteiger partial charge in [-0.2, -0.15) is 5.10 Å². The number of hydrazone groups is 1. The molecule has 10 nitrogen and oxygen atoms in total. The molecule has 1 aliphatic heterocycles. The summed E-state index contributed by atoms with van der Waals surface area (Å²) in [5.74, 6) is 1.60. The smallest absolute Gasteiger partial charge is 0.322 e. The van der Waals surface area contributed by atoms with Crippen LogP contribution in [0.1, 0.15) is 23.6 Å². The summed E-state index contributed by atoms with van der Waals surface area (Å²) < 4.78 is 21.3. The number of ether oxygens (including phenoxy) is 4. The summed E-state index contributed by atoms with van der Waals surface area (Å²) in [6, 6.07) is 21.4. The van der Waals surface area contributed by atoms with E-state index in [-0.39, 0.29) is 31.6 Å². The minimum atomic E-state index is -0.452. The van der Waals surface area contributed by atoms with Gasteiger partial charge in [0.1, 0.15) is 23.8 Å². The topological polar surface area (TPSA) is 102 Å². The van der Waals surface area contributed by atoms with Crippen molar-refractivity contribution in [3.8, 4) is 17.2 Å². The van der Waals surface area contributed by atoms with E-state index in [0.29, 0.717) is 29.4 Å². The molecule has 0 saturated carbocycles. The van der Waals surface area contributed by atoms with Crippen molar-refractivity contribution in [3.63, 3.8) is 0 Å². The van der Waals surface area contributed by atoms with Gasteiger partial charge in [0.25, 0.3) is 5.91 Å². The van der Waals surface area contributed by atoms with Gasteiger partial charge in [0.05, 0.1) is 45.4 Å². The molecule has 4 rings (SSSR count). The summed E-state index contributed by atoms with van der Waals surface area (Å²) in [4.78, 5) is 28.5. The van der Waals surface area contributed by atoms with E-state index in [1.54, 1.807) is 39.5 Å². The van der Waals surface area contributed by atoms with E-state index in [4.69, 9.17) is 24.0 Å². The van der Waals surface area contributed by atoms with Crippen LogP contribution in [-0.4, -0.2) is 75.7 Å². The maximum Gasteiger partial charge on any atom is 0.322 e. The molecule has 210 valence electrons. The van der Waals surface area contributed by atoms with Crippen LogP contribution in [0.3, 0.4) is 0 Å². The number of amides is 3. The third-order valence-electron chi connectivity index (χ3n) is 6.60. The molecular weight excluding hydrogens is 512 g/mol. The Morgan fingerprint density at radius 1 is 0.925 bits per heavy atom. The third-order valence-corrected chi connectivity index (χ3v) is 6.60. The predicted octanol–water partition coefficient (Wildman–Crippen LogP) is 4.57. The minimum Gasteiger partial charge on any atom is -0.497 e. The Kier molecular flexibility index (Phi) is 9.58. The van der Waals surface area contributed by atoms with Gasteiger partial charge in [-0.1, -0.05) is 36.4 Å². The van der Waals surface area contributed by atoms with Crippen molar-refractivity contribution in [2.24, 2.45) is 5.10 Å². The molecule has 0 fully saturated rings. The average Bonchev–Trinajstić information content (AvgIpc) is 3.45. The van der Waals surface area contributed by atoms with Gasteiger partial charge in [0.15, 0.2) is 0 Å². The highest BCUT2D eigenvalue weighted by molar-refractivity contribution is 6.04. The average molecular weight is 547 g/mol. The summed E-state index contributed by atoms with van der Waals surface area (Å²) in [5.41, 5.74) is 3.01. The van der Waals surface area contributed by atoms with Crippen molar-refractivity contribution in [2.45, 2.75) is 12.5 Å². The van der Waals surface area contributed by atoms with Crippen molar-refractivity contribution in [3.05, 3.63) is 83.9 Å². The van der Waals surface area contributed by atoms with Gasteiger partial charge in [-0.3, -0.25) is 4.79 Å². The summed E-state index contributed by atoms with van der Waals surface area (Å²) in [7, 11) is 6.29. The fourth-order valence-corrected chi connectivity index (χ4v) is 4.43. The molecular formula is C30H34N4O6. The minimum absolute atomic E-state index is 0.202. The number of anilines is 1. The molecule has 0 aliphatic carbocycles. The first-order valence-electron chi connectivity index (χ1n) is 12.8. The molecule has 3 aromatic rings. The van der Waals surface area contributed by atoms with E-state index in [9.17, 15) is 9.59 Å². The SMILES string of the molecule is COCCN(CC(=O)N1N=C(c2cccc(OC)c2)C[C@@H]1c1ccc(OC)cc1)C(=O)Nc1ccccc1OC. The highest BCUT2D eigenvalue weighted by atomic mass is 16.5. The number of hydrogen-bond donors (Lipinski definition) is 1. The highest BCUT2D eigenvalue weighted by Crippen LogP contribution is 2.34. The van der Waals surface area contributed by atoms with Crippen molar-refractivity contribution >= 4 is 23.3 Å². The first-order chi connectivity index (χ1) is 19.5. The lowest BCUT2D eigenvalue weighted by atomic mass is 9.98. The first kappa shape index (κ1) is 28.4. The second kappa shape index (κ2) is 13.5. The highest BCUT2D eigenvalue weighted by Gasteiger charge is 2.34. The van der Waals surface area contributed by atoms with Crippen LogP contribution in [0.4, 0.5) is 10.5 Å². The first-order valence-corrected chi connectivity index (χ1v) is 12.8. The summed E-state index contributed by atoms with van der Waals surface area (Å²) in [6.45, 7) is 0.259. The predicted molar refractivity (Wildman–Crippen MR) is 152 cm³/mol. The molecule has 0 radical (unpaired) electrons. The molecule has 40 heavy (non-hydrogen) atoms. The molecule has 1 aliphatic rings. The van der Waals surface area contributed by atoms with Crippen LogP contribution >= 0.6 is 0 Å². The number of nitrogens with one attached hydrogen (secondary N) is 1. The largest absolute Gasteiger partial charge is 0.497 e. The molecule has 0 saturated heterocycles. The molecule has 10 heteroatoms. The summed E-state index contributed by atoms with van der Waals surface area (Å²) in [5, 5.41) is 9.05. The molecule has 3 amide bonds. The van der Waals surface area contributed by atoms with E-state index in [2.05, 4.69) is 5.32 Å². The number of carbonyl (C=O) groups excluding carboxylic acids is 2. The lowest BCUT2D eigenvalue weighted by Gasteiger charge is -2.27. The number of urea groups is 1. The maximum absolute atomic E-state index is 13.8. The second-order valence-corrected chi connectivity index (χ2v) is 9.05. The zero-order valence-electron chi connectivity index (χ0n) is 23.1. The molecule has 1 N–H and O–H groups in total. The molecule has 1 heterocycles. The quantitative estimate of drug-likeness (QED) is 0.378. The van der Waals surface area contributed by atoms with Gasteiger partial charge < -0.3 is 29.2 Å². The summed E-state index contributed by atoms with van der Waals surface area (Å²) in [6.07, 6.45) is 0.497. The van der Waals surface area contributed by atoms with Gasteiger partial charge in [0.2, 0.25) is 0 Å². The maximum atomic E-state index is 13.8. The summed E-state index contributed by atoms with van der Waals surface area (Å²) >= 11 is 0. The number of carbonyl (C=O) groups is 2. The fourth-order valence-electron chi connectivity index (χ4n) is 4.43. The Labute approximate surface area is 234 Å². The molecule has 0 bridgehead atoms. The molecule has 0 spiro atoms. The number of nitrogens with zero attached hydrogens (tertiary/aromatic N) is 3. The van der Waals surface area contributed by atoms with E-state index >= 15 is 0 Å². The number of para-hydroxylation sites is 2. The van der Waals surface area contributed by atoms with Crippen LogP contribution in [0.2, 0.25) is 0 Å². The van der Waals surface area contributed by atoms with E-state index in [1.165, 1.54) is 17.0 Å². The van der Waals surface area contributed by atoms with Crippen LogP contribution in [0, 0.1) is 0 Å². The third kappa shape index (κ3) is 6.70. The number of benzene rings is 3. The van der Waals surface area contributed by atoms with E-state index in [1.807, 2.05) is 54.6 Å². The van der Waals surface area contributed by atoms with E-state index < -0.39 is 6.03 Å². The van der Waals surface area contributed by atoms with Gasteiger partial charge in [-0.05, 0) is 42.0 Å². The fraction of sp³-hybridized carbons (Fsp3) is 0.300. The Balaban J connectivity index is 1.61. The monoisotopic (exact) mass is 546 g/mol. The van der Waals surface area contributed by atoms with Crippen molar-refractivity contribution in [1.29, 1.82) is 0 Å². The van der Waals surface area contributed by atoms with Gasteiger partial charge in [-0.25, -0.2) is 9.80 Å². The lowest BCUT2D eigenvalue weighted by molar-refractivity contribution is -0.133. The standard InChI is InChI=1S/C30H34N4O6/c1-37-17-16-33(30(36)31-25-10-5-6-11-28(25)40-4)20-29(35)34-27(21-12-14-23(38-2)15-13-21)19-26(32-34)22-8-7-9-24(18-22)39-3/h5-15,18,27H,16-17,19-20H2,1-4H3,(H,31,36)/t27-/m1/s1. The van der Waals surface area contributed by atoms with Crippen molar-refractivity contribution in [2.75, 3.05) is 53.5 Å². The number of rotatable bonds is 11. The van der Waals surface area contributed by atoms with Gasteiger partial charge >= 0.3 is 6.03 Å². The second-order valence-electron chi connectivity index (χ2n) is 9.05. The van der Waals surface area contributed by atoms with Crippen molar-refractivity contribution in [1.82, 2.24) is 9.91 Å². The van der Waals surface area contributed by atoms with Crippen LogP contribution in [0.25, 0.3) is 0 Å². The van der Waals surface area contributed by atoms with Crippen LogP contribution < -0.4 is 19.5 Å². The van der Waals surface area contributed by atoms with Gasteiger partial charge in [-0.15, -0.1) is 0 Å². The Hall–Kier alpha value is -4.57. The molecule has 0 unspecified atom stereocenters. The Morgan fingerprint density at radius 3 is 2.38 bits per heavy atom. The zero-order valence-corrected chi connectivity index (χ0v) is 23.1. The number of hydrogen-bond acceptors (Lipinski definition) is 7. The Morgan fingerprint density at radius 2 is 1.68 bits per heavy atom. The zero-order chi connectivity index (χ0) is 28.5. The van der Waals surface area contributed by atoms with Gasteiger partial charge in [0, 0.05) is 25.6 Å². The normalized spacial score (nSPS) is 14.3. The van der Waals surface area contributed by atoms with Crippen LogP contribution in [-0.2, 0) is 9.53 Å². The number of methoxy groups -OCH3 is 4. The lowest BCUT2D eigenvalue weighted by Crippen LogP contribution is -2.44. The molecule has 0 aromatic heterocycles. The Bertz CT molecular complexity index is 1340. The molecule has 1 atom stereocenters. The van der Waals surface area contributed by atoms with Crippen LogP contribution in [0.5, 0.6) is 17.2 Å². The molecule has 3 aromatic carbocycles.